The average Bonchev–Trinajstić information content (AvgIpc) is 2.78. The van der Waals surface area contributed by atoms with Gasteiger partial charge in [-0.2, -0.15) is 0 Å². The van der Waals surface area contributed by atoms with Gasteiger partial charge in [-0.25, -0.2) is 13.2 Å². The van der Waals surface area contributed by atoms with Gasteiger partial charge in [-0.05, 0) is 35.4 Å². The van der Waals surface area contributed by atoms with E-state index in [1.54, 1.807) is 30.3 Å². The molecule has 3 aromatic carbocycles. The molecule has 0 aromatic heterocycles. The smallest absolute Gasteiger partial charge is 0.337 e. The van der Waals surface area contributed by atoms with Crippen molar-refractivity contribution in [2.24, 2.45) is 0 Å². The highest BCUT2D eigenvalue weighted by atomic mass is 32.2. The van der Waals surface area contributed by atoms with Crippen LogP contribution >= 0.6 is 0 Å². The van der Waals surface area contributed by atoms with Crippen molar-refractivity contribution >= 4 is 27.6 Å². The van der Waals surface area contributed by atoms with Crippen molar-refractivity contribution in [2.45, 2.75) is 12.3 Å². The number of ether oxygens (including phenoxy) is 1. The molecule has 3 rings (SSSR count). The topological polar surface area (TPSA) is 102 Å². The second-order valence-corrected chi connectivity index (χ2v) is 8.49. The summed E-state index contributed by atoms with van der Waals surface area (Å²) in [6.07, 6.45) is 0. The molecule has 0 unspecified atom stereocenters. The molecule has 3 aromatic rings. The van der Waals surface area contributed by atoms with E-state index in [0.717, 1.165) is 5.56 Å². The van der Waals surface area contributed by atoms with Crippen LogP contribution in [0.25, 0.3) is 0 Å². The van der Waals surface area contributed by atoms with Crippen molar-refractivity contribution in [1.82, 2.24) is 5.32 Å². The Kier molecular flexibility index (Phi) is 7.04. The zero-order chi connectivity index (χ0) is 22.3. The van der Waals surface area contributed by atoms with E-state index in [-0.39, 0.29) is 22.9 Å². The Morgan fingerprint density at radius 2 is 1.48 bits per heavy atom. The van der Waals surface area contributed by atoms with E-state index in [9.17, 15) is 18.0 Å². The number of sulfonamides is 1. The predicted octanol–water partition coefficient (Wildman–Crippen LogP) is 3.35. The maximum absolute atomic E-state index is 12.7. The first-order valence-electron chi connectivity index (χ1n) is 9.47. The van der Waals surface area contributed by atoms with Crippen LogP contribution in [0.2, 0.25) is 0 Å². The Balaban J connectivity index is 1.70. The number of para-hydroxylation sites is 1. The van der Waals surface area contributed by atoms with Crippen molar-refractivity contribution in [3.63, 3.8) is 0 Å². The summed E-state index contributed by atoms with van der Waals surface area (Å²) in [5.74, 6) is -1.19. The Morgan fingerprint density at radius 3 is 2.16 bits per heavy atom. The number of hydrogen-bond acceptors (Lipinski definition) is 5. The SMILES string of the molecule is COC(=O)c1ccc(CS(=O)(=O)Nc2ccccc2C(=O)NCc2ccccc2)cc1. The van der Waals surface area contributed by atoms with Crippen LogP contribution in [0.5, 0.6) is 0 Å². The van der Waals surface area contributed by atoms with Gasteiger partial charge in [-0.3, -0.25) is 9.52 Å². The molecule has 8 heteroatoms. The summed E-state index contributed by atoms with van der Waals surface area (Å²) in [5.41, 5.74) is 2.18. The first-order valence-corrected chi connectivity index (χ1v) is 11.1. The predicted molar refractivity (Wildman–Crippen MR) is 118 cm³/mol. The lowest BCUT2D eigenvalue weighted by atomic mass is 10.1. The number of anilines is 1. The minimum atomic E-state index is -3.80. The van der Waals surface area contributed by atoms with Gasteiger partial charge in [0.25, 0.3) is 5.91 Å². The standard InChI is InChI=1S/C23H22N2O5S/c1-30-23(27)19-13-11-18(12-14-19)16-31(28,29)25-21-10-6-5-9-20(21)22(26)24-15-17-7-3-2-4-8-17/h2-14,25H,15-16H2,1H3,(H,24,26). The number of benzene rings is 3. The molecule has 0 atom stereocenters. The molecule has 31 heavy (non-hydrogen) atoms. The lowest BCUT2D eigenvalue weighted by Gasteiger charge is -2.13. The number of amides is 1. The summed E-state index contributed by atoms with van der Waals surface area (Å²) in [4.78, 5) is 24.1. The monoisotopic (exact) mass is 438 g/mol. The van der Waals surface area contributed by atoms with Gasteiger partial charge in [0, 0.05) is 6.54 Å². The van der Waals surface area contributed by atoms with E-state index in [1.165, 1.54) is 25.3 Å². The number of hydrogen-bond donors (Lipinski definition) is 2. The largest absolute Gasteiger partial charge is 0.465 e. The molecule has 0 aliphatic carbocycles. The molecule has 2 N–H and O–H groups in total. The van der Waals surface area contributed by atoms with E-state index in [0.29, 0.717) is 17.7 Å². The van der Waals surface area contributed by atoms with Crippen LogP contribution in [-0.4, -0.2) is 27.4 Å². The molecule has 0 saturated carbocycles. The van der Waals surface area contributed by atoms with Gasteiger partial charge in [-0.1, -0.05) is 54.6 Å². The van der Waals surface area contributed by atoms with E-state index in [2.05, 4.69) is 14.8 Å². The average molecular weight is 439 g/mol. The van der Waals surface area contributed by atoms with Gasteiger partial charge in [0.05, 0.1) is 29.7 Å². The Bertz CT molecular complexity index is 1160. The summed E-state index contributed by atoms with van der Waals surface area (Å²) in [6, 6.07) is 21.9. The van der Waals surface area contributed by atoms with Crippen molar-refractivity contribution in [3.8, 4) is 0 Å². The van der Waals surface area contributed by atoms with Crippen LogP contribution in [0.3, 0.4) is 0 Å². The fourth-order valence-corrected chi connectivity index (χ4v) is 4.14. The minimum Gasteiger partial charge on any atom is -0.465 e. The summed E-state index contributed by atoms with van der Waals surface area (Å²) in [7, 11) is -2.52. The summed E-state index contributed by atoms with van der Waals surface area (Å²) >= 11 is 0. The van der Waals surface area contributed by atoms with E-state index in [1.807, 2.05) is 30.3 Å². The Labute approximate surface area is 181 Å². The quantitative estimate of drug-likeness (QED) is 0.525. The van der Waals surface area contributed by atoms with Crippen molar-refractivity contribution in [3.05, 3.63) is 101 Å². The first kappa shape index (κ1) is 22.0. The number of rotatable bonds is 8. The van der Waals surface area contributed by atoms with E-state index >= 15 is 0 Å². The van der Waals surface area contributed by atoms with Gasteiger partial charge >= 0.3 is 5.97 Å². The molecule has 160 valence electrons. The molecular weight excluding hydrogens is 416 g/mol. The minimum absolute atomic E-state index is 0.194. The lowest BCUT2D eigenvalue weighted by Crippen LogP contribution is -2.25. The van der Waals surface area contributed by atoms with Crippen LogP contribution in [-0.2, 0) is 27.1 Å². The van der Waals surface area contributed by atoms with Crippen LogP contribution < -0.4 is 10.0 Å². The molecule has 0 aliphatic rings. The molecule has 0 bridgehead atoms. The highest BCUT2D eigenvalue weighted by Gasteiger charge is 2.17. The second kappa shape index (κ2) is 9.90. The van der Waals surface area contributed by atoms with Crippen molar-refractivity contribution in [1.29, 1.82) is 0 Å². The van der Waals surface area contributed by atoms with Crippen LogP contribution in [0.1, 0.15) is 31.8 Å². The number of nitrogens with one attached hydrogen (secondary N) is 2. The highest BCUT2D eigenvalue weighted by Crippen LogP contribution is 2.19. The maximum Gasteiger partial charge on any atom is 0.337 e. The number of carbonyl (C=O) groups excluding carboxylic acids is 2. The van der Waals surface area contributed by atoms with Gasteiger partial charge in [0.15, 0.2) is 0 Å². The molecule has 7 nitrogen and oxygen atoms in total. The highest BCUT2D eigenvalue weighted by molar-refractivity contribution is 7.91. The summed E-state index contributed by atoms with van der Waals surface area (Å²) < 4.78 is 32.4. The molecule has 1 amide bonds. The molecule has 0 aliphatic heterocycles. The van der Waals surface area contributed by atoms with Gasteiger partial charge in [0.1, 0.15) is 0 Å². The number of esters is 1. The Morgan fingerprint density at radius 1 is 0.839 bits per heavy atom. The fourth-order valence-electron chi connectivity index (χ4n) is 2.92. The maximum atomic E-state index is 12.7. The molecular formula is C23H22N2O5S. The summed E-state index contributed by atoms with van der Waals surface area (Å²) in [6.45, 7) is 0.327. The third kappa shape index (κ3) is 6.16. The molecule has 0 radical (unpaired) electrons. The third-order valence-electron chi connectivity index (χ3n) is 4.46. The lowest BCUT2D eigenvalue weighted by molar-refractivity contribution is 0.0600. The van der Waals surface area contributed by atoms with Gasteiger partial charge in [0.2, 0.25) is 10.0 Å². The molecule has 0 fully saturated rings. The second-order valence-electron chi connectivity index (χ2n) is 6.76. The first-order chi connectivity index (χ1) is 14.9. The van der Waals surface area contributed by atoms with Crippen LogP contribution in [0.15, 0.2) is 78.9 Å². The number of carbonyl (C=O) groups is 2. The van der Waals surface area contributed by atoms with E-state index < -0.39 is 16.0 Å². The van der Waals surface area contributed by atoms with Gasteiger partial charge < -0.3 is 10.1 Å². The zero-order valence-electron chi connectivity index (χ0n) is 16.9. The third-order valence-corrected chi connectivity index (χ3v) is 5.71. The van der Waals surface area contributed by atoms with E-state index in [4.69, 9.17) is 0 Å². The molecule has 0 heterocycles. The van der Waals surface area contributed by atoms with Crippen LogP contribution in [0.4, 0.5) is 5.69 Å². The number of methoxy groups -OCH3 is 1. The van der Waals surface area contributed by atoms with Crippen molar-refractivity contribution in [2.75, 3.05) is 11.8 Å². The normalized spacial score (nSPS) is 10.9. The molecule has 0 saturated heterocycles. The zero-order valence-corrected chi connectivity index (χ0v) is 17.7. The fraction of sp³-hybridized carbons (Fsp3) is 0.130. The molecule has 0 spiro atoms. The van der Waals surface area contributed by atoms with Crippen molar-refractivity contribution < 1.29 is 22.7 Å². The van der Waals surface area contributed by atoms with Gasteiger partial charge in [-0.15, -0.1) is 0 Å². The Hall–Kier alpha value is -3.65. The van der Waals surface area contributed by atoms with Crippen LogP contribution in [0, 0.1) is 0 Å². The summed E-state index contributed by atoms with van der Waals surface area (Å²) in [5, 5.41) is 2.80.